The van der Waals surface area contributed by atoms with Crippen molar-refractivity contribution in [2.24, 2.45) is 0 Å². The molecule has 4 aromatic rings. The number of fused-ring (bicyclic) bond motifs is 3. The molecule has 1 N–H and O–H groups in total. The Balaban J connectivity index is 1.48. The summed E-state index contributed by atoms with van der Waals surface area (Å²) in [5.41, 5.74) is 3.39. The Morgan fingerprint density at radius 3 is 2.64 bits per heavy atom. The molecular formula is C26H24N4O2S. The summed E-state index contributed by atoms with van der Waals surface area (Å²) >= 11 is 1.60. The Morgan fingerprint density at radius 2 is 1.76 bits per heavy atom. The number of anilines is 1. The first kappa shape index (κ1) is 21.3. The zero-order valence-corrected chi connectivity index (χ0v) is 19.1. The molecular weight excluding hydrogens is 432 g/mol. The third-order valence-corrected chi connectivity index (χ3v) is 6.13. The lowest BCUT2D eigenvalue weighted by atomic mass is 10.1. The number of benzene rings is 3. The van der Waals surface area contributed by atoms with Gasteiger partial charge in [-0.05, 0) is 36.8 Å². The molecule has 0 aliphatic carbocycles. The van der Waals surface area contributed by atoms with Gasteiger partial charge in [0.05, 0.1) is 0 Å². The predicted octanol–water partition coefficient (Wildman–Crippen LogP) is 6.73. The molecule has 0 spiro atoms. The third kappa shape index (κ3) is 4.93. The van der Waals surface area contributed by atoms with Crippen molar-refractivity contribution in [3.05, 3.63) is 84.4 Å². The summed E-state index contributed by atoms with van der Waals surface area (Å²) in [7, 11) is 0. The highest BCUT2D eigenvalue weighted by Crippen LogP contribution is 2.40. The molecule has 1 aromatic heterocycles. The van der Waals surface area contributed by atoms with Gasteiger partial charge in [-0.1, -0.05) is 73.6 Å². The van der Waals surface area contributed by atoms with Crippen LogP contribution in [0, 0.1) is 0 Å². The van der Waals surface area contributed by atoms with Crippen LogP contribution in [0.25, 0.3) is 11.3 Å². The molecule has 1 atom stereocenters. The Bertz CT molecular complexity index is 1240. The molecule has 0 unspecified atom stereocenters. The van der Waals surface area contributed by atoms with E-state index in [1.807, 2.05) is 78.9 Å². The number of hydrogen-bond donors (Lipinski definition) is 1. The number of nitrogens with zero attached hydrogens (tertiary/aromatic N) is 3. The van der Waals surface area contributed by atoms with Gasteiger partial charge < -0.3 is 14.8 Å². The molecule has 0 radical (unpaired) electrons. The van der Waals surface area contributed by atoms with Crippen LogP contribution >= 0.6 is 11.8 Å². The van der Waals surface area contributed by atoms with Crippen LogP contribution in [0.3, 0.4) is 0 Å². The van der Waals surface area contributed by atoms with Gasteiger partial charge in [-0.3, -0.25) is 0 Å². The molecule has 7 heteroatoms. The minimum Gasteiger partial charge on any atom is -0.457 e. The molecule has 166 valence electrons. The first-order valence-corrected chi connectivity index (χ1v) is 12.0. The quantitative estimate of drug-likeness (QED) is 0.244. The van der Waals surface area contributed by atoms with Gasteiger partial charge in [0.15, 0.2) is 11.9 Å². The first-order chi connectivity index (χ1) is 16.3. The largest absolute Gasteiger partial charge is 0.457 e. The van der Waals surface area contributed by atoms with E-state index < -0.39 is 6.23 Å². The highest BCUT2D eigenvalue weighted by molar-refractivity contribution is 7.99. The molecule has 33 heavy (non-hydrogen) atoms. The average Bonchev–Trinajstić information content (AvgIpc) is 3.02. The smallest absolute Gasteiger partial charge is 0.247 e. The van der Waals surface area contributed by atoms with E-state index in [1.165, 1.54) is 0 Å². The monoisotopic (exact) mass is 456 g/mol. The fourth-order valence-electron chi connectivity index (χ4n) is 3.53. The zero-order valence-electron chi connectivity index (χ0n) is 18.3. The van der Waals surface area contributed by atoms with Crippen molar-refractivity contribution in [3.8, 4) is 28.6 Å². The lowest BCUT2D eigenvalue weighted by Gasteiger charge is -2.20. The van der Waals surface area contributed by atoms with Gasteiger partial charge in [0.2, 0.25) is 11.0 Å². The number of rotatable bonds is 7. The van der Waals surface area contributed by atoms with E-state index in [0.29, 0.717) is 16.7 Å². The summed E-state index contributed by atoms with van der Waals surface area (Å²) in [6.07, 6.45) is 1.77. The number of ether oxygens (including phenoxy) is 2. The number of aromatic nitrogens is 3. The van der Waals surface area contributed by atoms with Crippen molar-refractivity contribution in [2.75, 3.05) is 11.1 Å². The highest BCUT2D eigenvalue weighted by atomic mass is 32.2. The lowest BCUT2D eigenvalue weighted by Crippen LogP contribution is -2.17. The van der Waals surface area contributed by atoms with Crippen molar-refractivity contribution in [1.82, 2.24) is 15.2 Å². The van der Waals surface area contributed by atoms with E-state index in [1.54, 1.807) is 11.8 Å². The van der Waals surface area contributed by atoms with Crippen molar-refractivity contribution in [2.45, 2.75) is 31.1 Å². The van der Waals surface area contributed by atoms with E-state index in [-0.39, 0.29) is 0 Å². The van der Waals surface area contributed by atoms with Crippen LogP contribution in [0.4, 0.5) is 5.69 Å². The second-order valence-corrected chi connectivity index (χ2v) is 8.69. The summed E-state index contributed by atoms with van der Waals surface area (Å²) in [6.45, 7) is 2.17. The first-order valence-electron chi connectivity index (χ1n) is 11.0. The predicted molar refractivity (Wildman–Crippen MR) is 131 cm³/mol. The second kappa shape index (κ2) is 9.92. The van der Waals surface area contributed by atoms with E-state index >= 15 is 0 Å². The average molecular weight is 457 g/mol. The normalized spacial score (nSPS) is 14.3. The van der Waals surface area contributed by atoms with Crippen LogP contribution in [-0.2, 0) is 0 Å². The number of hydrogen-bond acceptors (Lipinski definition) is 7. The summed E-state index contributed by atoms with van der Waals surface area (Å²) in [4.78, 5) is 4.71. The highest BCUT2D eigenvalue weighted by Gasteiger charge is 2.26. The molecule has 0 amide bonds. The number of unbranched alkanes of at least 4 members (excludes halogenated alkanes) is 1. The van der Waals surface area contributed by atoms with E-state index in [0.717, 1.165) is 46.9 Å². The van der Waals surface area contributed by atoms with Gasteiger partial charge in [-0.2, -0.15) is 4.98 Å². The van der Waals surface area contributed by atoms with Crippen LogP contribution in [0.1, 0.15) is 31.6 Å². The summed E-state index contributed by atoms with van der Waals surface area (Å²) in [6, 6.07) is 25.6. The van der Waals surface area contributed by atoms with Gasteiger partial charge in [0.1, 0.15) is 11.5 Å². The van der Waals surface area contributed by atoms with Gasteiger partial charge in [0.25, 0.3) is 0 Å². The number of para-hydroxylation sites is 2. The third-order valence-electron chi connectivity index (χ3n) is 5.20. The molecule has 0 bridgehead atoms. The molecule has 1 aliphatic heterocycles. The molecule has 0 saturated carbocycles. The van der Waals surface area contributed by atoms with Gasteiger partial charge in [0, 0.05) is 22.6 Å². The van der Waals surface area contributed by atoms with Gasteiger partial charge in [-0.15, -0.1) is 10.2 Å². The standard InChI is InChI=1S/C26H24N4O2S/c1-2-3-16-33-26-28-25-23(29-30-26)21-14-7-8-15-22(21)27-24(32-25)18-10-9-13-20(17-18)31-19-11-5-4-6-12-19/h4-15,17,24,27H,2-3,16H2,1H3/t24-/m0/s1. The van der Waals surface area contributed by atoms with Crippen LogP contribution in [0.5, 0.6) is 17.4 Å². The molecule has 5 rings (SSSR count). The number of nitrogens with one attached hydrogen (secondary N) is 1. The minimum absolute atomic E-state index is 0.461. The van der Waals surface area contributed by atoms with Crippen LogP contribution in [0.15, 0.2) is 84.0 Å². The summed E-state index contributed by atoms with van der Waals surface area (Å²) < 4.78 is 12.4. The second-order valence-electron chi connectivity index (χ2n) is 7.63. The maximum Gasteiger partial charge on any atom is 0.247 e. The van der Waals surface area contributed by atoms with Crippen LogP contribution in [-0.4, -0.2) is 20.9 Å². The number of thioether (sulfide) groups is 1. The topological polar surface area (TPSA) is 69.2 Å². The molecule has 6 nitrogen and oxygen atoms in total. The maximum atomic E-state index is 6.38. The fraction of sp³-hybridized carbons (Fsp3) is 0.192. The van der Waals surface area contributed by atoms with Gasteiger partial charge >= 0.3 is 0 Å². The van der Waals surface area contributed by atoms with E-state index in [4.69, 9.17) is 14.5 Å². The minimum atomic E-state index is -0.461. The molecule has 0 saturated heterocycles. The van der Waals surface area contributed by atoms with E-state index in [9.17, 15) is 0 Å². The molecule has 2 heterocycles. The van der Waals surface area contributed by atoms with Gasteiger partial charge in [-0.25, -0.2) is 0 Å². The fourth-order valence-corrected chi connectivity index (χ4v) is 4.39. The van der Waals surface area contributed by atoms with Crippen molar-refractivity contribution >= 4 is 17.4 Å². The van der Waals surface area contributed by atoms with Crippen molar-refractivity contribution in [3.63, 3.8) is 0 Å². The van der Waals surface area contributed by atoms with Crippen LogP contribution in [0.2, 0.25) is 0 Å². The van der Waals surface area contributed by atoms with E-state index in [2.05, 4.69) is 22.4 Å². The molecule has 0 fully saturated rings. The maximum absolute atomic E-state index is 6.38. The van der Waals surface area contributed by atoms with Crippen molar-refractivity contribution < 1.29 is 9.47 Å². The van der Waals surface area contributed by atoms with Crippen LogP contribution < -0.4 is 14.8 Å². The molecule has 3 aromatic carbocycles. The Kier molecular flexibility index (Phi) is 6.39. The summed E-state index contributed by atoms with van der Waals surface area (Å²) in [5, 5.41) is 12.9. The van der Waals surface area contributed by atoms with Crippen molar-refractivity contribution in [1.29, 1.82) is 0 Å². The Hall–Kier alpha value is -3.58. The Labute approximate surface area is 197 Å². The Morgan fingerprint density at radius 1 is 0.939 bits per heavy atom. The lowest BCUT2D eigenvalue weighted by molar-refractivity contribution is 0.225. The SMILES string of the molecule is CCCCSc1nnc2c(n1)O[C@@H](c1cccc(Oc3ccccc3)c1)Nc1ccccc1-2. The zero-order chi connectivity index (χ0) is 22.5. The summed E-state index contributed by atoms with van der Waals surface area (Å²) in [5.74, 6) is 2.94. The molecule has 1 aliphatic rings.